The van der Waals surface area contributed by atoms with Crippen LogP contribution in [0, 0.1) is 11.6 Å². The Kier molecular flexibility index (Phi) is 2.86. The van der Waals surface area contributed by atoms with E-state index in [1.807, 2.05) is 5.32 Å². The van der Waals surface area contributed by atoms with Gasteiger partial charge in [0.15, 0.2) is 9.84 Å². The van der Waals surface area contributed by atoms with Gasteiger partial charge in [0.2, 0.25) is 6.41 Å². The zero-order valence-corrected chi connectivity index (χ0v) is 9.43. The largest absolute Gasteiger partial charge is 0.326 e. The smallest absolute Gasteiger partial charge is 0.211 e. The number of nitrogens with one attached hydrogen (secondary N) is 1. The lowest BCUT2D eigenvalue weighted by molar-refractivity contribution is -0.105. The van der Waals surface area contributed by atoms with E-state index in [9.17, 15) is 22.0 Å². The van der Waals surface area contributed by atoms with Crippen molar-refractivity contribution in [2.45, 2.75) is 23.0 Å². The van der Waals surface area contributed by atoms with Crippen LogP contribution in [0.25, 0.3) is 0 Å². The highest BCUT2D eigenvalue weighted by Gasteiger charge is 2.38. The SMILES string of the molecule is O=CNc1cc(S(=O)(=O)C2CC2)c(F)cc1F. The number of carbonyl (C=O) groups excluding carboxylic acids is 1. The molecule has 92 valence electrons. The normalized spacial score (nSPS) is 15.6. The van der Waals surface area contributed by atoms with Crippen LogP contribution in [-0.2, 0) is 14.6 Å². The summed E-state index contributed by atoms with van der Waals surface area (Å²) >= 11 is 0. The molecule has 1 N–H and O–H groups in total. The average molecular weight is 261 g/mol. The summed E-state index contributed by atoms with van der Waals surface area (Å²) in [7, 11) is -3.75. The van der Waals surface area contributed by atoms with E-state index in [-0.39, 0.29) is 12.1 Å². The molecule has 1 aromatic carbocycles. The van der Waals surface area contributed by atoms with Gasteiger partial charge < -0.3 is 5.32 Å². The fourth-order valence-electron chi connectivity index (χ4n) is 1.48. The van der Waals surface area contributed by atoms with Crippen molar-refractivity contribution in [2.75, 3.05) is 5.32 Å². The van der Waals surface area contributed by atoms with Crippen LogP contribution in [0.5, 0.6) is 0 Å². The Morgan fingerprint density at radius 1 is 1.24 bits per heavy atom. The Bertz CT molecular complexity index is 567. The summed E-state index contributed by atoms with van der Waals surface area (Å²) in [6.07, 6.45) is 1.16. The molecule has 0 spiro atoms. The minimum atomic E-state index is -3.75. The molecule has 0 heterocycles. The van der Waals surface area contributed by atoms with E-state index >= 15 is 0 Å². The van der Waals surface area contributed by atoms with E-state index in [0.29, 0.717) is 18.9 Å². The summed E-state index contributed by atoms with van der Waals surface area (Å²) in [5.74, 6) is -2.14. The van der Waals surface area contributed by atoms with Crippen LogP contribution >= 0.6 is 0 Å². The van der Waals surface area contributed by atoms with Crippen LogP contribution in [0.2, 0.25) is 0 Å². The lowest BCUT2D eigenvalue weighted by Crippen LogP contribution is -2.11. The van der Waals surface area contributed by atoms with E-state index in [1.165, 1.54) is 0 Å². The van der Waals surface area contributed by atoms with Gasteiger partial charge in [0, 0.05) is 6.07 Å². The van der Waals surface area contributed by atoms with Crippen molar-refractivity contribution in [3.05, 3.63) is 23.8 Å². The van der Waals surface area contributed by atoms with Crippen LogP contribution in [0.1, 0.15) is 12.8 Å². The van der Waals surface area contributed by atoms with Gasteiger partial charge in [-0.2, -0.15) is 0 Å². The molecule has 0 atom stereocenters. The number of carbonyl (C=O) groups is 1. The zero-order chi connectivity index (χ0) is 12.6. The molecule has 4 nitrogen and oxygen atoms in total. The first kappa shape index (κ1) is 12.0. The minimum absolute atomic E-state index is 0.198. The third-order valence-corrected chi connectivity index (χ3v) is 4.78. The fourth-order valence-corrected chi connectivity index (χ4v) is 3.21. The number of hydrogen-bond donors (Lipinski definition) is 1. The molecular formula is C10H9F2NO3S. The maximum atomic E-state index is 13.4. The Balaban J connectivity index is 2.53. The number of sulfone groups is 1. The van der Waals surface area contributed by atoms with Crippen molar-refractivity contribution in [1.82, 2.24) is 0 Å². The lowest BCUT2D eigenvalue weighted by Gasteiger charge is -2.07. The fraction of sp³-hybridized carbons (Fsp3) is 0.300. The molecular weight excluding hydrogens is 252 g/mol. The third-order valence-electron chi connectivity index (χ3n) is 2.51. The number of amides is 1. The summed E-state index contributed by atoms with van der Waals surface area (Å²) < 4.78 is 50.2. The second-order valence-electron chi connectivity index (χ2n) is 3.77. The average Bonchev–Trinajstić information content (AvgIpc) is 3.05. The Morgan fingerprint density at radius 3 is 2.41 bits per heavy atom. The van der Waals surface area contributed by atoms with Gasteiger partial charge in [-0.25, -0.2) is 17.2 Å². The minimum Gasteiger partial charge on any atom is -0.326 e. The van der Waals surface area contributed by atoms with Crippen LogP contribution in [0.3, 0.4) is 0 Å². The Labute approximate surface area is 96.6 Å². The van der Waals surface area contributed by atoms with Crippen molar-refractivity contribution in [1.29, 1.82) is 0 Å². The number of rotatable bonds is 4. The predicted molar refractivity (Wildman–Crippen MR) is 56.3 cm³/mol. The van der Waals surface area contributed by atoms with Crippen LogP contribution < -0.4 is 5.32 Å². The van der Waals surface area contributed by atoms with E-state index < -0.39 is 31.6 Å². The van der Waals surface area contributed by atoms with E-state index in [4.69, 9.17) is 0 Å². The Morgan fingerprint density at radius 2 is 1.88 bits per heavy atom. The third kappa shape index (κ3) is 2.14. The molecule has 1 amide bonds. The van der Waals surface area contributed by atoms with Gasteiger partial charge in [-0.3, -0.25) is 4.79 Å². The van der Waals surface area contributed by atoms with E-state index in [2.05, 4.69) is 0 Å². The molecule has 1 saturated carbocycles. The molecule has 17 heavy (non-hydrogen) atoms. The van der Waals surface area contributed by atoms with Crippen molar-refractivity contribution in [2.24, 2.45) is 0 Å². The second-order valence-corrected chi connectivity index (χ2v) is 5.97. The first-order valence-corrected chi connectivity index (χ1v) is 6.44. The first-order valence-electron chi connectivity index (χ1n) is 4.90. The summed E-state index contributed by atoms with van der Waals surface area (Å²) in [6.45, 7) is 0. The van der Waals surface area contributed by atoms with Crippen molar-refractivity contribution in [3.8, 4) is 0 Å². The highest BCUT2D eigenvalue weighted by atomic mass is 32.2. The molecule has 1 aliphatic rings. The molecule has 0 aliphatic heterocycles. The molecule has 2 rings (SSSR count). The standard InChI is InChI=1S/C10H9F2NO3S/c11-7-3-8(12)10(4-9(7)13-5-14)17(15,16)6-1-2-6/h3-6H,1-2H2,(H,13,14). The topological polar surface area (TPSA) is 63.2 Å². The van der Waals surface area contributed by atoms with Crippen molar-refractivity contribution >= 4 is 21.9 Å². The zero-order valence-electron chi connectivity index (χ0n) is 8.61. The predicted octanol–water partition coefficient (Wildman–Crippen LogP) is 1.47. The van der Waals surface area contributed by atoms with Gasteiger partial charge in [-0.05, 0) is 18.9 Å². The summed E-state index contributed by atoms with van der Waals surface area (Å²) in [5, 5.41) is 1.40. The maximum Gasteiger partial charge on any atom is 0.211 e. The van der Waals surface area contributed by atoms with Gasteiger partial charge >= 0.3 is 0 Å². The molecule has 1 fully saturated rings. The number of halogens is 2. The van der Waals surface area contributed by atoms with Crippen LogP contribution in [0.4, 0.5) is 14.5 Å². The quantitative estimate of drug-likeness (QED) is 0.659. The molecule has 1 aliphatic carbocycles. The van der Waals surface area contributed by atoms with Gasteiger partial charge in [0.25, 0.3) is 0 Å². The monoisotopic (exact) mass is 261 g/mol. The maximum absolute atomic E-state index is 13.4. The molecule has 1 aromatic rings. The van der Waals surface area contributed by atoms with Gasteiger partial charge in [0.1, 0.15) is 16.5 Å². The lowest BCUT2D eigenvalue weighted by atomic mass is 10.3. The van der Waals surface area contributed by atoms with Crippen LogP contribution in [-0.4, -0.2) is 20.1 Å². The Hall–Kier alpha value is -1.50. The molecule has 0 unspecified atom stereocenters. The van der Waals surface area contributed by atoms with Gasteiger partial charge in [-0.15, -0.1) is 0 Å². The van der Waals surface area contributed by atoms with Crippen LogP contribution in [0.15, 0.2) is 17.0 Å². The first-order chi connectivity index (χ1) is 7.96. The highest BCUT2D eigenvalue weighted by Crippen LogP contribution is 2.35. The number of hydrogen-bond acceptors (Lipinski definition) is 3. The summed E-state index contributed by atoms with van der Waals surface area (Å²) in [5.41, 5.74) is -0.347. The van der Waals surface area contributed by atoms with Crippen molar-refractivity contribution < 1.29 is 22.0 Å². The molecule has 0 radical (unpaired) electrons. The summed E-state index contributed by atoms with van der Waals surface area (Å²) in [6, 6.07) is 1.27. The van der Waals surface area contributed by atoms with E-state index in [0.717, 1.165) is 6.07 Å². The highest BCUT2D eigenvalue weighted by molar-refractivity contribution is 7.92. The number of benzene rings is 1. The van der Waals surface area contributed by atoms with E-state index in [1.54, 1.807) is 0 Å². The van der Waals surface area contributed by atoms with Gasteiger partial charge in [-0.1, -0.05) is 0 Å². The van der Waals surface area contributed by atoms with Gasteiger partial charge in [0.05, 0.1) is 10.9 Å². The molecule has 7 heteroatoms. The number of anilines is 1. The second kappa shape index (κ2) is 4.06. The molecule has 0 saturated heterocycles. The van der Waals surface area contributed by atoms with Crippen molar-refractivity contribution in [3.63, 3.8) is 0 Å². The molecule has 0 bridgehead atoms. The summed E-state index contributed by atoms with van der Waals surface area (Å²) in [4.78, 5) is 9.63. The molecule has 0 aromatic heterocycles.